The molecule has 4 nitrogen and oxygen atoms in total. The molecular formula is C12H14F3NO3. The number of halogens is 3. The van der Waals surface area contributed by atoms with Gasteiger partial charge in [-0.2, -0.15) is 4.84 Å². The van der Waals surface area contributed by atoms with Gasteiger partial charge in [0, 0.05) is 0 Å². The molecule has 0 fully saturated rings. The van der Waals surface area contributed by atoms with Gasteiger partial charge in [0.05, 0.1) is 5.69 Å². The fraction of sp³-hybridized carbons (Fsp3) is 0.417. The Labute approximate surface area is 108 Å². The monoisotopic (exact) mass is 277 g/mol. The number of alkyl halides is 3. The van der Waals surface area contributed by atoms with E-state index in [4.69, 9.17) is 4.74 Å². The predicted octanol–water partition coefficient (Wildman–Crippen LogP) is 3.88. The first-order valence-corrected chi connectivity index (χ1v) is 5.42. The third-order valence-corrected chi connectivity index (χ3v) is 1.74. The van der Waals surface area contributed by atoms with E-state index in [9.17, 15) is 18.0 Å². The highest BCUT2D eigenvalue weighted by Crippen LogP contribution is 2.25. The summed E-state index contributed by atoms with van der Waals surface area (Å²) in [5, 5.41) is 0.0747. The topological polar surface area (TPSA) is 38.8 Å². The van der Waals surface area contributed by atoms with Crippen molar-refractivity contribution in [1.29, 1.82) is 0 Å². The van der Waals surface area contributed by atoms with Crippen molar-refractivity contribution in [1.82, 2.24) is 0 Å². The molecule has 0 heterocycles. The van der Waals surface area contributed by atoms with Gasteiger partial charge in [-0.3, -0.25) is 0 Å². The van der Waals surface area contributed by atoms with Crippen LogP contribution in [0.4, 0.5) is 23.7 Å². The molecule has 0 bridgehead atoms. The van der Waals surface area contributed by atoms with Gasteiger partial charge in [-0.15, -0.1) is 18.2 Å². The molecule has 19 heavy (non-hydrogen) atoms. The molecule has 0 saturated carbocycles. The minimum absolute atomic E-state index is 0.0747. The molecule has 7 heteroatoms. The second-order valence-electron chi connectivity index (χ2n) is 4.65. The maximum absolute atomic E-state index is 12.3. The van der Waals surface area contributed by atoms with Gasteiger partial charge in [-0.05, 0) is 32.9 Å². The van der Waals surface area contributed by atoms with E-state index in [0.717, 1.165) is 0 Å². The van der Waals surface area contributed by atoms with Crippen molar-refractivity contribution in [3.8, 4) is 0 Å². The van der Waals surface area contributed by atoms with E-state index in [-0.39, 0.29) is 10.8 Å². The normalized spacial score (nSPS) is 12.1. The maximum Gasteiger partial charge on any atom is 0.544 e. The first-order chi connectivity index (χ1) is 8.58. The molecule has 0 atom stereocenters. The largest absolute Gasteiger partial charge is 0.544 e. The van der Waals surface area contributed by atoms with Crippen molar-refractivity contribution in [2.75, 3.05) is 5.06 Å². The van der Waals surface area contributed by atoms with Crippen LogP contribution in [0.2, 0.25) is 0 Å². The molecule has 0 aliphatic heterocycles. The van der Waals surface area contributed by atoms with Crippen LogP contribution in [0, 0.1) is 0 Å². The summed E-state index contributed by atoms with van der Waals surface area (Å²) in [6.07, 6.45) is -6.23. The van der Waals surface area contributed by atoms with Crippen LogP contribution in [0.25, 0.3) is 0 Å². The Balaban J connectivity index is 2.97. The number of hydroxylamine groups is 1. The van der Waals surface area contributed by atoms with Gasteiger partial charge in [0.15, 0.2) is 0 Å². The number of rotatable bonds is 2. The molecule has 0 spiro atoms. The summed E-state index contributed by atoms with van der Waals surface area (Å²) in [4.78, 5) is 15.4. The van der Waals surface area contributed by atoms with Crippen LogP contribution in [0.3, 0.4) is 0 Å². The van der Waals surface area contributed by atoms with Gasteiger partial charge >= 0.3 is 12.5 Å². The molecule has 1 amide bonds. The third-order valence-electron chi connectivity index (χ3n) is 1.74. The van der Waals surface area contributed by atoms with E-state index in [1.807, 2.05) is 0 Å². The molecular weight excluding hydrogens is 263 g/mol. The summed E-state index contributed by atoms with van der Waals surface area (Å²) >= 11 is 0. The number of hydrogen-bond donors (Lipinski definition) is 0. The van der Waals surface area contributed by atoms with E-state index in [2.05, 4.69) is 4.84 Å². The minimum atomic E-state index is -4.99. The van der Waals surface area contributed by atoms with Crippen molar-refractivity contribution in [2.24, 2.45) is 0 Å². The second kappa shape index (κ2) is 5.48. The molecule has 1 aromatic carbocycles. The maximum atomic E-state index is 12.3. The number of hydrogen-bond acceptors (Lipinski definition) is 3. The average Bonchev–Trinajstić information content (AvgIpc) is 2.23. The van der Waals surface area contributed by atoms with Crippen LogP contribution in [0.1, 0.15) is 20.8 Å². The van der Waals surface area contributed by atoms with Crippen LogP contribution in [0.15, 0.2) is 30.3 Å². The highest BCUT2D eigenvalue weighted by atomic mass is 19.4. The lowest BCUT2D eigenvalue weighted by atomic mass is 10.2. The van der Waals surface area contributed by atoms with Crippen LogP contribution >= 0.6 is 0 Å². The number of carbonyl (C=O) groups is 1. The molecule has 0 aromatic heterocycles. The molecule has 1 aromatic rings. The summed E-state index contributed by atoms with van der Waals surface area (Å²) < 4.78 is 41.8. The van der Waals surface area contributed by atoms with Gasteiger partial charge in [0.1, 0.15) is 5.60 Å². The van der Waals surface area contributed by atoms with Crippen molar-refractivity contribution >= 4 is 11.8 Å². The van der Waals surface area contributed by atoms with Crippen molar-refractivity contribution in [2.45, 2.75) is 32.7 Å². The SMILES string of the molecule is CC(C)(C)OC(=O)N(OC(F)(F)F)c1ccccc1. The Hall–Kier alpha value is -1.76. The smallest absolute Gasteiger partial charge is 0.442 e. The number of benzene rings is 1. The molecule has 1 rings (SSSR count). The second-order valence-corrected chi connectivity index (χ2v) is 4.65. The lowest BCUT2D eigenvalue weighted by molar-refractivity contribution is -0.326. The number of para-hydroxylation sites is 1. The van der Waals surface area contributed by atoms with E-state index in [1.54, 1.807) is 26.8 Å². The number of anilines is 1. The van der Waals surface area contributed by atoms with E-state index < -0.39 is 18.1 Å². The lowest BCUT2D eigenvalue weighted by Crippen LogP contribution is -2.40. The van der Waals surface area contributed by atoms with E-state index in [1.165, 1.54) is 24.3 Å². The Morgan fingerprint density at radius 1 is 1.11 bits per heavy atom. The fourth-order valence-corrected chi connectivity index (χ4v) is 1.17. The molecule has 0 radical (unpaired) electrons. The van der Waals surface area contributed by atoms with Crippen LogP contribution < -0.4 is 5.06 Å². The number of ether oxygens (including phenoxy) is 1. The zero-order chi connectivity index (χ0) is 14.7. The third kappa shape index (κ3) is 5.60. The van der Waals surface area contributed by atoms with Gasteiger partial charge in [-0.1, -0.05) is 18.2 Å². The number of nitrogens with zero attached hydrogens (tertiary/aromatic N) is 1. The van der Waals surface area contributed by atoms with Crippen molar-refractivity contribution < 1.29 is 27.5 Å². The molecule has 0 unspecified atom stereocenters. The number of amides is 1. The highest BCUT2D eigenvalue weighted by molar-refractivity contribution is 5.85. The van der Waals surface area contributed by atoms with Crippen LogP contribution in [0.5, 0.6) is 0 Å². The summed E-state index contributed by atoms with van der Waals surface area (Å²) in [7, 11) is 0. The van der Waals surface area contributed by atoms with Crippen molar-refractivity contribution in [3.63, 3.8) is 0 Å². The highest BCUT2D eigenvalue weighted by Gasteiger charge is 2.38. The van der Waals surface area contributed by atoms with E-state index >= 15 is 0 Å². The summed E-state index contributed by atoms with van der Waals surface area (Å²) in [5.41, 5.74) is -1.01. The number of carbonyl (C=O) groups excluding carboxylic acids is 1. The van der Waals surface area contributed by atoms with E-state index in [0.29, 0.717) is 0 Å². The quantitative estimate of drug-likeness (QED) is 0.770. The Morgan fingerprint density at radius 3 is 2.05 bits per heavy atom. The Bertz CT molecular complexity index is 426. The summed E-state index contributed by atoms with van der Waals surface area (Å²) in [5.74, 6) is 0. The Morgan fingerprint density at radius 2 is 1.63 bits per heavy atom. The molecule has 0 N–H and O–H groups in total. The zero-order valence-corrected chi connectivity index (χ0v) is 10.7. The van der Waals surface area contributed by atoms with Gasteiger partial charge in [0.25, 0.3) is 0 Å². The van der Waals surface area contributed by atoms with Crippen LogP contribution in [-0.2, 0) is 9.57 Å². The molecule has 106 valence electrons. The summed E-state index contributed by atoms with van der Waals surface area (Å²) in [6.45, 7) is 4.63. The van der Waals surface area contributed by atoms with Gasteiger partial charge in [-0.25, -0.2) is 4.79 Å². The average molecular weight is 277 g/mol. The first-order valence-electron chi connectivity index (χ1n) is 5.42. The zero-order valence-electron chi connectivity index (χ0n) is 10.7. The first kappa shape index (κ1) is 15.3. The standard InChI is InChI=1S/C12H14F3NO3/c1-11(2,3)18-10(17)16(19-12(13,14)15)9-7-5-4-6-8-9/h4-8H,1-3H3. The lowest BCUT2D eigenvalue weighted by Gasteiger charge is -2.26. The molecule has 0 aliphatic rings. The van der Waals surface area contributed by atoms with Gasteiger partial charge < -0.3 is 4.74 Å². The summed E-state index contributed by atoms with van der Waals surface area (Å²) in [6, 6.07) is 7.16. The molecule has 0 aliphatic carbocycles. The van der Waals surface area contributed by atoms with Crippen molar-refractivity contribution in [3.05, 3.63) is 30.3 Å². The Kier molecular flexibility index (Phi) is 4.41. The minimum Gasteiger partial charge on any atom is -0.442 e. The van der Waals surface area contributed by atoms with Crippen LogP contribution in [-0.4, -0.2) is 18.1 Å². The predicted molar refractivity (Wildman–Crippen MR) is 62.3 cm³/mol. The van der Waals surface area contributed by atoms with Gasteiger partial charge in [0.2, 0.25) is 0 Å². The fourth-order valence-electron chi connectivity index (χ4n) is 1.17. The molecule has 0 saturated heterocycles.